The van der Waals surface area contributed by atoms with Crippen LogP contribution >= 0.6 is 23.4 Å². The summed E-state index contributed by atoms with van der Waals surface area (Å²) in [5.74, 6) is -0.0545. The van der Waals surface area contributed by atoms with Crippen molar-refractivity contribution in [3.05, 3.63) is 119 Å². The third kappa shape index (κ3) is 8.89. The largest absolute Gasteiger partial charge is 0.495 e. The molecule has 0 aromatic heterocycles. The lowest BCUT2D eigenvalue weighted by Gasteiger charge is -2.15. The number of thioether (sulfide) groups is 1. The molecule has 4 aromatic rings. The van der Waals surface area contributed by atoms with E-state index in [0.29, 0.717) is 45.6 Å². The number of halogens is 1. The Morgan fingerprint density at radius 1 is 0.886 bits per heavy atom. The van der Waals surface area contributed by atoms with Gasteiger partial charge in [-0.3, -0.25) is 14.4 Å². The van der Waals surface area contributed by atoms with E-state index < -0.39 is 17.1 Å². The van der Waals surface area contributed by atoms with Gasteiger partial charge in [0.05, 0.1) is 24.7 Å². The van der Waals surface area contributed by atoms with Gasteiger partial charge in [0.15, 0.2) is 0 Å². The Kier molecular flexibility index (Phi) is 11.5. The van der Waals surface area contributed by atoms with Crippen LogP contribution in [-0.2, 0) is 9.59 Å². The van der Waals surface area contributed by atoms with Crippen LogP contribution in [0.3, 0.4) is 0 Å². The molecule has 0 aliphatic heterocycles. The van der Waals surface area contributed by atoms with Crippen molar-refractivity contribution in [3.63, 3.8) is 0 Å². The first kappa shape index (κ1) is 32.2. The van der Waals surface area contributed by atoms with Gasteiger partial charge in [-0.15, -0.1) is 11.8 Å². The SMILES string of the molecule is CCOc1ccccc1/C=C(\NC(=O)c1ccccc1)C(=O)Nc1ccc(SC(C)C(=O)Nc2cc(Cl)ccc2OC)cc1. The van der Waals surface area contributed by atoms with Crippen LogP contribution in [-0.4, -0.2) is 36.7 Å². The van der Waals surface area contributed by atoms with Gasteiger partial charge < -0.3 is 25.4 Å². The monoisotopic (exact) mass is 629 g/mol. The zero-order chi connectivity index (χ0) is 31.5. The fourth-order valence-electron chi connectivity index (χ4n) is 4.07. The third-order valence-corrected chi connectivity index (χ3v) is 7.61. The lowest BCUT2D eigenvalue weighted by molar-refractivity contribution is -0.115. The molecule has 0 aliphatic carbocycles. The van der Waals surface area contributed by atoms with Crippen LogP contribution in [0.25, 0.3) is 6.08 Å². The maximum atomic E-state index is 13.4. The highest BCUT2D eigenvalue weighted by Gasteiger charge is 2.18. The number of carbonyl (C=O) groups excluding carboxylic acids is 3. The first-order valence-corrected chi connectivity index (χ1v) is 15.1. The van der Waals surface area contributed by atoms with E-state index in [2.05, 4.69) is 16.0 Å². The minimum absolute atomic E-state index is 0.0474. The van der Waals surface area contributed by atoms with Crippen LogP contribution in [0.4, 0.5) is 11.4 Å². The standard InChI is InChI=1S/C34H32ClN3O5S/c1-4-43-30-13-9-8-12-24(30)20-29(38-33(40)23-10-6-5-7-11-23)34(41)36-26-15-17-27(18-16-26)44-22(2)32(39)37-28-21-25(35)14-19-31(28)42-3/h5-22H,4H2,1-3H3,(H,36,41)(H,37,39)(H,38,40)/b29-20-. The summed E-state index contributed by atoms with van der Waals surface area (Å²) in [5.41, 5.74) is 2.10. The number of carbonyl (C=O) groups is 3. The Bertz CT molecular complexity index is 1640. The molecule has 226 valence electrons. The van der Waals surface area contributed by atoms with Crippen molar-refractivity contribution in [1.29, 1.82) is 0 Å². The zero-order valence-electron chi connectivity index (χ0n) is 24.4. The van der Waals surface area contributed by atoms with Crippen molar-refractivity contribution in [2.75, 3.05) is 24.4 Å². The van der Waals surface area contributed by atoms with Crippen LogP contribution in [0.5, 0.6) is 11.5 Å². The summed E-state index contributed by atoms with van der Waals surface area (Å²) in [5, 5.41) is 8.49. The van der Waals surface area contributed by atoms with Crippen molar-refractivity contribution in [1.82, 2.24) is 5.32 Å². The Hall–Kier alpha value is -4.73. The van der Waals surface area contributed by atoms with Gasteiger partial charge in [0.25, 0.3) is 11.8 Å². The number of anilines is 2. The highest BCUT2D eigenvalue weighted by atomic mass is 35.5. The van der Waals surface area contributed by atoms with Gasteiger partial charge in [0.1, 0.15) is 17.2 Å². The van der Waals surface area contributed by atoms with Crippen molar-refractivity contribution in [3.8, 4) is 11.5 Å². The predicted molar refractivity (Wildman–Crippen MR) is 177 cm³/mol. The number of para-hydroxylation sites is 1. The molecular weight excluding hydrogens is 598 g/mol. The summed E-state index contributed by atoms with van der Waals surface area (Å²) in [6, 6.07) is 28.0. The molecule has 0 spiro atoms. The van der Waals surface area contributed by atoms with Crippen LogP contribution in [0.1, 0.15) is 29.8 Å². The normalized spacial score (nSPS) is 11.7. The van der Waals surface area contributed by atoms with E-state index in [4.69, 9.17) is 21.1 Å². The Balaban J connectivity index is 1.46. The van der Waals surface area contributed by atoms with Crippen molar-refractivity contribution < 1.29 is 23.9 Å². The average Bonchev–Trinajstić information content (AvgIpc) is 3.03. The molecule has 0 saturated heterocycles. The fraction of sp³-hybridized carbons (Fsp3) is 0.147. The molecule has 0 bridgehead atoms. The summed E-state index contributed by atoms with van der Waals surface area (Å²) in [6.07, 6.45) is 1.58. The molecule has 0 aliphatic rings. The molecular formula is C34H32ClN3O5S. The molecule has 0 fully saturated rings. The van der Waals surface area contributed by atoms with Crippen molar-refractivity contribution in [2.24, 2.45) is 0 Å². The quantitative estimate of drug-likeness (QED) is 0.112. The number of hydrogen-bond acceptors (Lipinski definition) is 6. The number of amides is 3. The minimum atomic E-state index is -0.510. The van der Waals surface area contributed by atoms with E-state index in [9.17, 15) is 14.4 Å². The second kappa shape index (κ2) is 15.7. The molecule has 0 radical (unpaired) electrons. The minimum Gasteiger partial charge on any atom is -0.495 e. The van der Waals surface area contributed by atoms with E-state index in [-0.39, 0.29) is 11.6 Å². The summed E-state index contributed by atoms with van der Waals surface area (Å²) in [4.78, 5) is 40.1. The number of ether oxygens (including phenoxy) is 2. The maximum absolute atomic E-state index is 13.4. The fourth-order valence-corrected chi connectivity index (χ4v) is 5.11. The Morgan fingerprint density at radius 2 is 1.59 bits per heavy atom. The topological polar surface area (TPSA) is 106 Å². The molecule has 0 heterocycles. The van der Waals surface area contributed by atoms with E-state index >= 15 is 0 Å². The van der Waals surface area contributed by atoms with Gasteiger partial charge in [0.2, 0.25) is 5.91 Å². The average molecular weight is 630 g/mol. The van der Waals surface area contributed by atoms with Crippen LogP contribution in [0.15, 0.2) is 108 Å². The highest BCUT2D eigenvalue weighted by molar-refractivity contribution is 8.00. The first-order chi connectivity index (χ1) is 21.3. The number of rotatable bonds is 12. The van der Waals surface area contributed by atoms with Gasteiger partial charge in [-0.05, 0) is 80.6 Å². The summed E-state index contributed by atoms with van der Waals surface area (Å²) < 4.78 is 11.0. The predicted octanol–water partition coefficient (Wildman–Crippen LogP) is 7.28. The Morgan fingerprint density at radius 3 is 2.30 bits per heavy atom. The molecule has 3 N–H and O–H groups in total. The van der Waals surface area contributed by atoms with Gasteiger partial charge in [-0.1, -0.05) is 48.0 Å². The molecule has 1 unspecified atom stereocenters. The van der Waals surface area contributed by atoms with Crippen LogP contribution in [0, 0.1) is 0 Å². The lowest BCUT2D eigenvalue weighted by Crippen LogP contribution is -2.30. The molecule has 4 aromatic carbocycles. The van der Waals surface area contributed by atoms with Gasteiger partial charge >= 0.3 is 0 Å². The number of methoxy groups -OCH3 is 1. The van der Waals surface area contributed by atoms with Crippen molar-refractivity contribution >= 4 is 58.5 Å². The van der Waals surface area contributed by atoms with E-state index in [1.54, 1.807) is 91.9 Å². The maximum Gasteiger partial charge on any atom is 0.272 e. The first-order valence-electron chi connectivity index (χ1n) is 13.8. The molecule has 0 saturated carbocycles. The molecule has 44 heavy (non-hydrogen) atoms. The zero-order valence-corrected chi connectivity index (χ0v) is 26.0. The second-order valence-electron chi connectivity index (χ2n) is 9.42. The summed E-state index contributed by atoms with van der Waals surface area (Å²) >= 11 is 7.43. The van der Waals surface area contributed by atoms with Gasteiger partial charge in [-0.25, -0.2) is 0 Å². The van der Waals surface area contributed by atoms with Crippen molar-refractivity contribution in [2.45, 2.75) is 24.0 Å². The lowest BCUT2D eigenvalue weighted by atomic mass is 10.1. The molecule has 10 heteroatoms. The number of nitrogens with one attached hydrogen (secondary N) is 3. The second-order valence-corrected chi connectivity index (χ2v) is 11.3. The molecule has 8 nitrogen and oxygen atoms in total. The van der Waals surface area contributed by atoms with Gasteiger partial charge in [0, 0.05) is 26.7 Å². The summed E-state index contributed by atoms with van der Waals surface area (Å²) in [6.45, 7) is 4.11. The molecule has 1 atom stereocenters. The summed E-state index contributed by atoms with van der Waals surface area (Å²) in [7, 11) is 1.52. The smallest absolute Gasteiger partial charge is 0.272 e. The number of benzene rings is 4. The van der Waals surface area contributed by atoms with Gasteiger partial charge in [-0.2, -0.15) is 0 Å². The number of hydrogen-bond donors (Lipinski definition) is 3. The van der Waals surface area contributed by atoms with Crippen LogP contribution in [0.2, 0.25) is 5.02 Å². The molecule has 3 amide bonds. The van der Waals surface area contributed by atoms with E-state index in [1.165, 1.54) is 18.9 Å². The van der Waals surface area contributed by atoms with Crippen LogP contribution < -0.4 is 25.4 Å². The van der Waals surface area contributed by atoms with E-state index in [0.717, 1.165) is 4.90 Å². The third-order valence-electron chi connectivity index (χ3n) is 6.26. The van der Waals surface area contributed by atoms with E-state index in [1.807, 2.05) is 25.1 Å². The highest BCUT2D eigenvalue weighted by Crippen LogP contribution is 2.30. The molecule has 4 rings (SSSR count). The Labute approximate surface area is 265 Å².